The Morgan fingerprint density at radius 1 is 1.31 bits per heavy atom. The quantitative estimate of drug-likeness (QED) is 0.840. The van der Waals surface area contributed by atoms with Crippen molar-refractivity contribution in [2.45, 2.75) is 38.8 Å². The maximum Gasteiger partial charge on any atom is 0.318 e. The van der Waals surface area contributed by atoms with Gasteiger partial charge in [-0.05, 0) is 30.9 Å². The fourth-order valence-electron chi connectivity index (χ4n) is 3.52. The minimum absolute atomic E-state index is 0.000881. The summed E-state index contributed by atoms with van der Waals surface area (Å²) in [6.07, 6.45) is 2.86. The van der Waals surface area contributed by atoms with Crippen LogP contribution >= 0.6 is 0 Å². The van der Waals surface area contributed by atoms with Gasteiger partial charge in [0.15, 0.2) is 5.76 Å². The molecule has 1 atom stereocenters. The number of likely N-dealkylation sites (tertiary alicyclic amines) is 1. The Morgan fingerprint density at radius 2 is 2.04 bits per heavy atom. The highest BCUT2D eigenvalue weighted by Gasteiger charge is 2.34. The van der Waals surface area contributed by atoms with Crippen molar-refractivity contribution < 1.29 is 18.8 Å². The molecule has 0 radical (unpaired) electrons. The first kappa shape index (κ1) is 18.3. The Labute approximate surface area is 152 Å². The predicted octanol–water partition coefficient (Wildman–Crippen LogP) is 1.05. The van der Waals surface area contributed by atoms with Gasteiger partial charge in [0, 0.05) is 25.7 Å². The SMILES string of the molecule is CC(C)C1CNC(=O)CN1C(=O)NC1CCN(C(=O)c2ccco2)CC1. The van der Waals surface area contributed by atoms with E-state index in [1.807, 2.05) is 13.8 Å². The van der Waals surface area contributed by atoms with Crippen LogP contribution in [-0.2, 0) is 4.79 Å². The van der Waals surface area contributed by atoms with E-state index in [4.69, 9.17) is 4.42 Å². The molecular weight excluding hydrogens is 336 g/mol. The Bertz CT molecular complexity index is 650. The molecule has 0 bridgehead atoms. The molecule has 1 aromatic rings. The molecule has 2 aliphatic rings. The lowest BCUT2D eigenvalue weighted by Crippen LogP contribution is -2.61. The summed E-state index contributed by atoms with van der Waals surface area (Å²) in [5.41, 5.74) is 0. The molecule has 0 spiro atoms. The third kappa shape index (κ3) is 4.00. The van der Waals surface area contributed by atoms with Crippen molar-refractivity contribution in [1.29, 1.82) is 0 Å². The van der Waals surface area contributed by atoms with Crippen molar-refractivity contribution in [2.75, 3.05) is 26.2 Å². The number of piperidine rings is 1. The summed E-state index contributed by atoms with van der Waals surface area (Å²) in [5.74, 6) is 0.351. The zero-order chi connectivity index (χ0) is 18.7. The summed E-state index contributed by atoms with van der Waals surface area (Å²) in [7, 11) is 0. The standard InChI is InChI=1S/C18H26N4O4/c1-12(2)14-10-19-16(23)11-22(14)18(25)20-13-5-7-21(8-6-13)17(24)15-4-3-9-26-15/h3-4,9,12-14H,5-8,10-11H2,1-2H3,(H,19,23)(H,20,25). The van der Waals surface area contributed by atoms with Crippen LogP contribution in [0.4, 0.5) is 4.79 Å². The van der Waals surface area contributed by atoms with E-state index in [-0.39, 0.29) is 42.4 Å². The fourth-order valence-corrected chi connectivity index (χ4v) is 3.52. The number of rotatable bonds is 3. The lowest BCUT2D eigenvalue weighted by Gasteiger charge is -2.39. The zero-order valence-corrected chi connectivity index (χ0v) is 15.2. The third-order valence-electron chi connectivity index (χ3n) is 5.09. The molecular formula is C18H26N4O4. The van der Waals surface area contributed by atoms with Crippen LogP contribution in [0, 0.1) is 5.92 Å². The zero-order valence-electron chi connectivity index (χ0n) is 15.2. The molecule has 0 aromatic carbocycles. The summed E-state index contributed by atoms with van der Waals surface area (Å²) in [5, 5.41) is 5.85. The number of piperazine rings is 1. The number of urea groups is 1. The van der Waals surface area contributed by atoms with Gasteiger partial charge < -0.3 is 24.9 Å². The Morgan fingerprint density at radius 3 is 2.65 bits per heavy atom. The lowest BCUT2D eigenvalue weighted by molar-refractivity contribution is -0.124. The number of carbonyl (C=O) groups excluding carboxylic acids is 3. The van der Waals surface area contributed by atoms with Gasteiger partial charge in [0.25, 0.3) is 5.91 Å². The van der Waals surface area contributed by atoms with E-state index in [1.165, 1.54) is 6.26 Å². The van der Waals surface area contributed by atoms with E-state index >= 15 is 0 Å². The molecule has 0 saturated carbocycles. The smallest absolute Gasteiger partial charge is 0.318 e. The van der Waals surface area contributed by atoms with Gasteiger partial charge in [0.2, 0.25) is 5.91 Å². The molecule has 0 aliphatic carbocycles. The van der Waals surface area contributed by atoms with E-state index in [2.05, 4.69) is 10.6 Å². The molecule has 8 heteroatoms. The van der Waals surface area contributed by atoms with Gasteiger partial charge in [-0.1, -0.05) is 13.8 Å². The molecule has 2 N–H and O–H groups in total. The summed E-state index contributed by atoms with van der Waals surface area (Å²) in [4.78, 5) is 40.0. The van der Waals surface area contributed by atoms with Crippen molar-refractivity contribution in [3.05, 3.63) is 24.2 Å². The van der Waals surface area contributed by atoms with Crippen molar-refractivity contribution >= 4 is 17.8 Å². The number of hydrogen-bond acceptors (Lipinski definition) is 4. The monoisotopic (exact) mass is 362 g/mol. The molecule has 3 rings (SSSR count). The molecule has 1 unspecified atom stereocenters. The second-order valence-electron chi connectivity index (χ2n) is 7.24. The number of nitrogens with zero attached hydrogens (tertiary/aromatic N) is 2. The molecule has 142 valence electrons. The predicted molar refractivity (Wildman–Crippen MR) is 94.5 cm³/mol. The number of carbonyl (C=O) groups is 3. The van der Waals surface area contributed by atoms with Gasteiger partial charge in [0.05, 0.1) is 12.3 Å². The van der Waals surface area contributed by atoms with Gasteiger partial charge in [-0.2, -0.15) is 0 Å². The Kier molecular flexibility index (Phi) is 5.49. The molecule has 2 aliphatic heterocycles. The first-order chi connectivity index (χ1) is 12.5. The minimum atomic E-state index is -0.200. The molecule has 2 fully saturated rings. The normalized spacial score (nSPS) is 21.7. The van der Waals surface area contributed by atoms with Crippen molar-refractivity contribution in [3.8, 4) is 0 Å². The van der Waals surface area contributed by atoms with Crippen LogP contribution in [0.3, 0.4) is 0 Å². The molecule has 4 amide bonds. The number of amides is 4. The molecule has 8 nitrogen and oxygen atoms in total. The molecule has 26 heavy (non-hydrogen) atoms. The highest BCUT2D eigenvalue weighted by Crippen LogP contribution is 2.17. The topological polar surface area (TPSA) is 94.9 Å². The summed E-state index contributed by atoms with van der Waals surface area (Å²) in [6.45, 7) is 5.80. The highest BCUT2D eigenvalue weighted by atomic mass is 16.3. The number of furan rings is 1. The first-order valence-electron chi connectivity index (χ1n) is 9.12. The average molecular weight is 362 g/mol. The van der Waals surface area contributed by atoms with Crippen LogP contribution < -0.4 is 10.6 Å². The van der Waals surface area contributed by atoms with Crippen LogP contribution in [0.1, 0.15) is 37.2 Å². The van der Waals surface area contributed by atoms with Gasteiger partial charge in [-0.3, -0.25) is 9.59 Å². The van der Waals surface area contributed by atoms with Crippen LogP contribution in [0.15, 0.2) is 22.8 Å². The summed E-state index contributed by atoms with van der Waals surface area (Å²) < 4.78 is 5.16. The summed E-state index contributed by atoms with van der Waals surface area (Å²) in [6, 6.07) is 3.15. The molecule has 1 aromatic heterocycles. The summed E-state index contributed by atoms with van der Waals surface area (Å²) >= 11 is 0. The second-order valence-corrected chi connectivity index (χ2v) is 7.24. The number of nitrogens with one attached hydrogen (secondary N) is 2. The minimum Gasteiger partial charge on any atom is -0.459 e. The van der Waals surface area contributed by atoms with Crippen LogP contribution in [0.2, 0.25) is 0 Å². The van der Waals surface area contributed by atoms with Gasteiger partial charge in [0.1, 0.15) is 6.54 Å². The Hall–Kier alpha value is -2.51. The Balaban J connectivity index is 1.52. The van der Waals surface area contributed by atoms with E-state index < -0.39 is 0 Å². The van der Waals surface area contributed by atoms with Crippen molar-refractivity contribution in [2.24, 2.45) is 5.92 Å². The first-order valence-corrected chi connectivity index (χ1v) is 9.12. The highest BCUT2D eigenvalue weighted by molar-refractivity contribution is 5.91. The van der Waals surface area contributed by atoms with E-state index in [0.717, 1.165) is 0 Å². The van der Waals surface area contributed by atoms with E-state index in [1.54, 1.807) is 21.9 Å². The largest absolute Gasteiger partial charge is 0.459 e. The van der Waals surface area contributed by atoms with Crippen LogP contribution in [0.5, 0.6) is 0 Å². The van der Waals surface area contributed by atoms with E-state index in [9.17, 15) is 14.4 Å². The maximum absolute atomic E-state index is 12.7. The lowest BCUT2D eigenvalue weighted by atomic mass is 10.0. The number of hydrogen-bond donors (Lipinski definition) is 2. The van der Waals surface area contributed by atoms with Crippen molar-refractivity contribution in [3.63, 3.8) is 0 Å². The van der Waals surface area contributed by atoms with Gasteiger partial charge >= 0.3 is 6.03 Å². The van der Waals surface area contributed by atoms with Gasteiger partial charge in [-0.25, -0.2) is 4.79 Å². The van der Waals surface area contributed by atoms with Crippen molar-refractivity contribution in [1.82, 2.24) is 20.4 Å². The van der Waals surface area contributed by atoms with E-state index in [0.29, 0.717) is 38.2 Å². The third-order valence-corrected chi connectivity index (χ3v) is 5.09. The van der Waals surface area contributed by atoms with Gasteiger partial charge in [-0.15, -0.1) is 0 Å². The second kappa shape index (κ2) is 7.80. The molecule has 3 heterocycles. The fraction of sp³-hybridized carbons (Fsp3) is 0.611. The maximum atomic E-state index is 12.7. The molecule has 2 saturated heterocycles. The average Bonchev–Trinajstić information content (AvgIpc) is 3.16. The van der Waals surface area contributed by atoms with Crippen LogP contribution in [0.25, 0.3) is 0 Å². The van der Waals surface area contributed by atoms with Crippen LogP contribution in [-0.4, -0.2) is 65.9 Å².